The minimum atomic E-state index is 0. The molecular formula is C9H20ClN3. The van der Waals surface area contributed by atoms with Gasteiger partial charge in [0.15, 0.2) is 0 Å². The van der Waals surface area contributed by atoms with E-state index >= 15 is 0 Å². The average molecular weight is 206 g/mol. The van der Waals surface area contributed by atoms with Gasteiger partial charge in [-0.15, -0.1) is 12.4 Å². The molecule has 13 heavy (non-hydrogen) atoms. The number of rotatable bonds is 2. The molecule has 2 aliphatic rings. The van der Waals surface area contributed by atoms with Gasteiger partial charge in [-0.25, -0.2) is 0 Å². The second-order valence-corrected chi connectivity index (χ2v) is 4.24. The van der Waals surface area contributed by atoms with E-state index in [1.165, 1.54) is 39.0 Å². The smallest absolute Gasteiger partial charge is 0.0105 e. The first-order valence-corrected chi connectivity index (χ1v) is 4.98. The van der Waals surface area contributed by atoms with Crippen LogP contribution >= 0.6 is 12.4 Å². The summed E-state index contributed by atoms with van der Waals surface area (Å²) in [6.07, 6.45) is 2.74. The van der Waals surface area contributed by atoms with E-state index in [1.54, 1.807) is 0 Å². The Kier molecular flexibility index (Phi) is 3.98. The molecule has 2 heterocycles. The highest BCUT2D eigenvalue weighted by molar-refractivity contribution is 5.85. The third-order valence-electron chi connectivity index (χ3n) is 3.29. The van der Waals surface area contributed by atoms with Crippen LogP contribution in [0.25, 0.3) is 0 Å². The van der Waals surface area contributed by atoms with Crippen molar-refractivity contribution in [2.24, 2.45) is 11.1 Å². The Hall–Kier alpha value is 0.170. The summed E-state index contributed by atoms with van der Waals surface area (Å²) in [5, 5.41) is 3.46. The van der Waals surface area contributed by atoms with Crippen molar-refractivity contribution < 1.29 is 0 Å². The maximum atomic E-state index is 5.54. The summed E-state index contributed by atoms with van der Waals surface area (Å²) in [6.45, 7) is 6.88. The zero-order chi connectivity index (χ0) is 8.44. The lowest BCUT2D eigenvalue weighted by molar-refractivity contribution is 0.279. The van der Waals surface area contributed by atoms with Gasteiger partial charge in [0, 0.05) is 26.2 Å². The molecule has 2 aliphatic heterocycles. The van der Waals surface area contributed by atoms with Crippen molar-refractivity contribution in [2.75, 3.05) is 39.3 Å². The van der Waals surface area contributed by atoms with Crippen LogP contribution in [0.4, 0.5) is 0 Å². The van der Waals surface area contributed by atoms with Gasteiger partial charge in [-0.3, -0.25) is 0 Å². The normalized spacial score (nSPS) is 33.9. The molecule has 0 aliphatic carbocycles. The fourth-order valence-electron chi connectivity index (χ4n) is 2.55. The van der Waals surface area contributed by atoms with E-state index in [0.29, 0.717) is 5.41 Å². The minimum Gasteiger partial charge on any atom is -0.329 e. The molecule has 1 atom stereocenters. The van der Waals surface area contributed by atoms with E-state index in [0.717, 1.165) is 13.1 Å². The van der Waals surface area contributed by atoms with E-state index in [-0.39, 0.29) is 12.4 Å². The molecule has 2 fully saturated rings. The van der Waals surface area contributed by atoms with Crippen molar-refractivity contribution in [3.63, 3.8) is 0 Å². The highest BCUT2D eigenvalue weighted by Gasteiger charge is 2.39. The second kappa shape index (κ2) is 4.60. The van der Waals surface area contributed by atoms with Gasteiger partial charge in [0.25, 0.3) is 0 Å². The third-order valence-corrected chi connectivity index (χ3v) is 3.29. The van der Waals surface area contributed by atoms with Gasteiger partial charge in [-0.1, -0.05) is 0 Å². The molecule has 0 saturated carbocycles. The summed E-state index contributed by atoms with van der Waals surface area (Å²) in [5.74, 6) is 0. The van der Waals surface area contributed by atoms with Crippen molar-refractivity contribution in [1.82, 2.24) is 10.2 Å². The summed E-state index contributed by atoms with van der Waals surface area (Å²) in [5.41, 5.74) is 6.16. The van der Waals surface area contributed by atoms with Crippen LogP contribution in [0.15, 0.2) is 0 Å². The number of hydrogen-bond donors (Lipinski definition) is 2. The van der Waals surface area contributed by atoms with E-state index in [2.05, 4.69) is 10.2 Å². The Bertz CT molecular complexity index is 157. The van der Waals surface area contributed by atoms with Crippen molar-refractivity contribution in [1.29, 1.82) is 0 Å². The number of halogens is 1. The molecule has 2 rings (SSSR count). The Morgan fingerprint density at radius 1 is 1.38 bits per heavy atom. The van der Waals surface area contributed by atoms with Crippen LogP contribution in [0.1, 0.15) is 12.8 Å². The Balaban J connectivity index is 0.000000845. The molecule has 0 aromatic carbocycles. The first kappa shape index (κ1) is 11.2. The maximum absolute atomic E-state index is 5.54. The lowest BCUT2D eigenvalue weighted by Crippen LogP contribution is -2.32. The van der Waals surface area contributed by atoms with Gasteiger partial charge in [0.05, 0.1) is 0 Å². The highest BCUT2D eigenvalue weighted by Crippen LogP contribution is 2.35. The fraction of sp³-hybridized carbons (Fsp3) is 1.00. The summed E-state index contributed by atoms with van der Waals surface area (Å²) >= 11 is 0. The predicted molar refractivity (Wildman–Crippen MR) is 57.3 cm³/mol. The second-order valence-electron chi connectivity index (χ2n) is 4.24. The molecule has 1 unspecified atom stereocenters. The Morgan fingerprint density at radius 3 is 2.85 bits per heavy atom. The molecule has 3 N–H and O–H groups in total. The van der Waals surface area contributed by atoms with Crippen LogP contribution in [0.5, 0.6) is 0 Å². The SMILES string of the molecule is Cl.NCCN1CCC2(CCNC2)C1. The van der Waals surface area contributed by atoms with E-state index in [4.69, 9.17) is 5.73 Å². The molecular weight excluding hydrogens is 186 g/mol. The largest absolute Gasteiger partial charge is 0.329 e. The molecule has 3 nitrogen and oxygen atoms in total. The summed E-state index contributed by atoms with van der Waals surface area (Å²) in [6, 6.07) is 0. The summed E-state index contributed by atoms with van der Waals surface area (Å²) < 4.78 is 0. The van der Waals surface area contributed by atoms with Crippen molar-refractivity contribution >= 4 is 12.4 Å². The summed E-state index contributed by atoms with van der Waals surface area (Å²) in [7, 11) is 0. The molecule has 78 valence electrons. The van der Waals surface area contributed by atoms with E-state index in [1.807, 2.05) is 0 Å². The lowest BCUT2D eigenvalue weighted by atomic mass is 9.87. The van der Waals surface area contributed by atoms with Crippen LogP contribution in [-0.4, -0.2) is 44.2 Å². The highest BCUT2D eigenvalue weighted by atomic mass is 35.5. The van der Waals surface area contributed by atoms with Gasteiger partial charge in [0.1, 0.15) is 0 Å². The first-order chi connectivity index (χ1) is 5.85. The number of hydrogen-bond acceptors (Lipinski definition) is 3. The fourth-order valence-corrected chi connectivity index (χ4v) is 2.55. The van der Waals surface area contributed by atoms with Gasteiger partial charge in [-0.05, 0) is 31.3 Å². The molecule has 0 aromatic rings. The van der Waals surface area contributed by atoms with Crippen LogP contribution in [-0.2, 0) is 0 Å². The molecule has 0 amide bonds. The van der Waals surface area contributed by atoms with Gasteiger partial charge >= 0.3 is 0 Å². The standard InChI is InChI=1S/C9H19N3.ClH/c10-3-6-12-5-2-9(8-12)1-4-11-7-9;/h11H,1-8,10H2;1H. The van der Waals surface area contributed by atoms with E-state index < -0.39 is 0 Å². The van der Waals surface area contributed by atoms with Crippen LogP contribution in [0, 0.1) is 5.41 Å². The monoisotopic (exact) mass is 205 g/mol. The van der Waals surface area contributed by atoms with E-state index in [9.17, 15) is 0 Å². The maximum Gasteiger partial charge on any atom is 0.0105 e. The summed E-state index contributed by atoms with van der Waals surface area (Å²) in [4.78, 5) is 2.51. The zero-order valence-electron chi connectivity index (χ0n) is 8.09. The van der Waals surface area contributed by atoms with Crippen LogP contribution in [0.3, 0.4) is 0 Å². The molecule has 0 radical (unpaired) electrons. The molecule has 4 heteroatoms. The molecule has 1 spiro atoms. The molecule has 2 saturated heterocycles. The number of nitrogens with zero attached hydrogens (tertiary/aromatic N) is 1. The predicted octanol–water partition coefficient (Wildman–Crippen LogP) is 0.0523. The van der Waals surface area contributed by atoms with Gasteiger partial charge in [-0.2, -0.15) is 0 Å². The Labute approximate surface area is 86.4 Å². The molecule has 0 bridgehead atoms. The molecule has 0 aromatic heterocycles. The minimum absolute atomic E-state index is 0. The van der Waals surface area contributed by atoms with Crippen LogP contribution < -0.4 is 11.1 Å². The number of nitrogens with two attached hydrogens (primary N) is 1. The quantitative estimate of drug-likeness (QED) is 0.670. The third kappa shape index (κ3) is 2.34. The zero-order valence-corrected chi connectivity index (χ0v) is 8.91. The van der Waals surface area contributed by atoms with Crippen molar-refractivity contribution in [3.05, 3.63) is 0 Å². The Morgan fingerprint density at radius 2 is 2.23 bits per heavy atom. The number of nitrogens with one attached hydrogen (secondary N) is 1. The van der Waals surface area contributed by atoms with Gasteiger partial charge in [0.2, 0.25) is 0 Å². The van der Waals surface area contributed by atoms with Crippen molar-refractivity contribution in [3.8, 4) is 0 Å². The topological polar surface area (TPSA) is 41.3 Å². The number of likely N-dealkylation sites (tertiary alicyclic amines) is 1. The van der Waals surface area contributed by atoms with Crippen molar-refractivity contribution in [2.45, 2.75) is 12.8 Å². The lowest BCUT2D eigenvalue weighted by Gasteiger charge is -2.22. The van der Waals surface area contributed by atoms with Crippen LogP contribution in [0.2, 0.25) is 0 Å². The first-order valence-electron chi connectivity index (χ1n) is 4.98. The van der Waals surface area contributed by atoms with Gasteiger partial charge < -0.3 is 16.0 Å². The average Bonchev–Trinajstić information content (AvgIpc) is 2.65.